The second-order valence-electron chi connectivity index (χ2n) is 3.22. The third-order valence-electron chi connectivity index (χ3n) is 1.72. The molecule has 0 aliphatic rings. The molecule has 3 N–H and O–H groups in total. The molecule has 0 aromatic heterocycles. The minimum absolute atomic E-state index is 0.151. The molecule has 0 aromatic carbocycles. The van der Waals surface area contributed by atoms with E-state index in [2.05, 4.69) is 10.6 Å². The van der Waals surface area contributed by atoms with Crippen LogP contribution in [0.4, 0.5) is 0 Å². The number of amides is 2. The van der Waals surface area contributed by atoms with Crippen molar-refractivity contribution in [2.75, 3.05) is 6.54 Å². The van der Waals surface area contributed by atoms with Gasteiger partial charge in [0.05, 0.1) is 0 Å². The van der Waals surface area contributed by atoms with Crippen molar-refractivity contribution in [1.82, 2.24) is 10.6 Å². The number of carboxylic acids is 1. The summed E-state index contributed by atoms with van der Waals surface area (Å²) in [5.74, 6) is -1.59. The molecule has 0 unspecified atom stereocenters. The molecule has 0 bridgehead atoms. The van der Waals surface area contributed by atoms with E-state index in [-0.39, 0.29) is 11.8 Å². The highest BCUT2D eigenvalue weighted by atomic mass is 16.4. The zero-order valence-electron chi connectivity index (χ0n) is 8.87. The summed E-state index contributed by atoms with van der Waals surface area (Å²) in [5, 5.41) is 13.6. The van der Waals surface area contributed by atoms with Gasteiger partial charge >= 0.3 is 5.97 Å². The zero-order valence-corrected chi connectivity index (χ0v) is 8.87. The Hall–Kier alpha value is -1.59. The first kappa shape index (κ1) is 13.4. The Kier molecular flexibility index (Phi) is 6.08. The lowest BCUT2D eigenvalue weighted by Gasteiger charge is -2.12. The van der Waals surface area contributed by atoms with E-state index >= 15 is 0 Å². The lowest BCUT2D eigenvalue weighted by atomic mass is 10.1. The lowest BCUT2D eigenvalue weighted by Crippen LogP contribution is -2.40. The van der Waals surface area contributed by atoms with E-state index in [0.717, 1.165) is 0 Å². The van der Waals surface area contributed by atoms with Crippen LogP contribution in [0.3, 0.4) is 0 Å². The van der Waals surface area contributed by atoms with Crippen molar-refractivity contribution >= 4 is 17.8 Å². The molecule has 1 atom stereocenters. The molecule has 0 rings (SSSR count). The van der Waals surface area contributed by atoms with Gasteiger partial charge < -0.3 is 15.7 Å². The lowest BCUT2D eigenvalue weighted by molar-refractivity contribution is -0.141. The van der Waals surface area contributed by atoms with E-state index in [9.17, 15) is 14.4 Å². The maximum absolute atomic E-state index is 10.7. The van der Waals surface area contributed by atoms with Crippen LogP contribution in [0, 0.1) is 0 Å². The summed E-state index contributed by atoms with van der Waals surface area (Å²) in [6.07, 6.45) is 0.812. The molecule has 0 fully saturated rings. The Morgan fingerprint density at radius 1 is 1.20 bits per heavy atom. The van der Waals surface area contributed by atoms with Crippen molar-refractivity contribution in [2.45, 2.75) is 32.7 Å². The minimum atomic E-state index is -1.06. The van der Waals surface area contributed by atoms with Crippen molar-refractivity contribution in [3.8, 4) is 0 Å². The average Bonchev–Trinajstić information content (AvgIpc) is 2.08. The van der Waals surface area contributed by atoms with Gasteiger partial charge in [0.15, 0.2) is 0 Å². The molecule has 6 nitrogen and oxygen atoms in total. The second-order valence-corrected chi connectivity index (χ2v) is 3.22. The van der Waals surface area contributed by atoms with Crippen LogP contribution in [0.5, 0.6) is 0 Å². The topological polar surface area (TPSA) is 95.5 Å². The average molecular weight is 216 g/mol. The molecule has 6 heteroatoms. The predicted molar refractivity (Wildman–Crippen MR) is 53.2 cm³/mol. The van der Waals surface area contributed by atoms with Crippen LogP contribution in [-0.4, -0.2) is 35.5 Å². The molecule has 0 aliphatic carbocycles. The van der Waals surface area contributed by atoms with Gasteiger partial charge in [-0.1, -0.05) is 0 Å². The van der Waals surface area contributed by atoms with Crippen LogP contribution in [0.25, 0.3) is 0 Å². The summed E-state index contributed by atoms with van der Waals surface area (Å²) in [6.45, 7) is 3.07. The normalized spacial score (nSPS) is 11.6. The second kappa shape index (κ2) is 6.80. The van der Waals surface area contributed by atoms with E-state index in [4.69, 9.17) is 5.11 Å². The molecule has 0 heterocycles. The molecule has 2 amide bonds. The summed E-state index contributed by atoms with van der Waals surface area (Å²) in [6, 6.07) is -0.878. The van der Waals surface area contributed by atoms with Crippen molar-refractivity contribution < 1.29 is 19.5 Å². The molecule has 86 valence electrons. The van der Waals surface area contributed by atoms with Gasteiger partial charge in [-0.2, -0.15) is 0 Å². The summed E-state index contributed by atoms with van der Waals surface area (Å²) in [7, 11) is 0. The monoisotopic (exact) mass is 216 g/mol. The fourth-order valence-electron chi connectivity index (χ4n) is 1.07. The van der Waals surface area contributed by atoms with E-state index in [0.29, 0.717) is 19.4 Å². The molecule has 15 heavy (non-hydrogen) atoms. The van der Waals surface area contributed by atoms with Crippen LogP contribution in [0.2, 0.25) is 0 Å². The van der Waals surface area contributed by atoms with Crippen molar-refractivity contribution in [3.63, 3.8) is 0 Å². The van der Waals surface area contributed by atoms with Crippen LogP contribution in [0.1, 0.15) is 26.7 Å². The third-order valence-corrected chi connectivity index (χ3v) is 1.72. The number of rotatable bonds is 6. The molecular weight excluding hydrogens is 200 g/mol. The standard InChI is InChI=1S/C9H16N2O4/c1-6(12)10-5-3-4-8(9(14)15)11-7(2)13/h8H,3-5H2,1-2H3,(H,10,12)(H,11,13)(H,14,15)/t8-/m0/s1. The highest BCUT2D eigenvalue weighted by Gasteiger charge is 2.17. The maximum Gasteiger partial charge on any atom is 0.326 e. The maximum atomic E-state index is 10.7. The number of aliphatic carboxylic acids is 1. The number of hydrogen-bond donors (Lipinski definition) is 3. The smallest absolute Gasteiger partial charge is 0.326 e. The number of carbonyl (C=O) groups is 3. The zero-order chi connectivity index (χ0) is 11.8. The van der Waals surface area contributed by atoms with Crippen molar-refractivity contribution in [3.05, 3.63) is 0 Å². The highest BCUT2D eigenvalue weighted by molar-refractivity contribution is 5.82. The highest BCUT2D eigenvalue weighted by Crippen LogP contribution is 1.96. The predicted octanol–water partition coefficient (Wildman–Crippen LogP) is -0.508. The molecule has 0 radical (unpaired) electrons. The Balaban J connectivity index is 3.81. The van der Waals surface area contributed by atoms with Gasteiger partial charge in [0.2, 0.25) is 11.8 Å². The van der Waals surface area contributed by atoms with Crippen LogP contribution in [0.15, 0.2) is 0 Å². The first-order valence-corrected chi connectivity index (χ1v) is 4.68. The number of carboxylic acid groups (broad SMARTS) is 1. The van der Waals surface area contributed by atoms with Gasteiger partial charge in [-0.15, -0.1) is 0 Å². The fourth-order valence-corrected chi connectivity index (χ4v) is 1.07. The summed E-state index contributed by atoms with van der Waals surface area (Å²) in [4.78, 5) is 31.8. The van der Waals surface area contributed by atoms with E-state index in [1.165, 1.54) is 13.8 Å². The first-order valence-electron chi connectivity index (χ1n) is 4.68. The van der Waals surface area contributed by atoms with Crippen LogP contribution in [-0.2, 0) is 14.4 Å². The van der Waals surface area contributed by atoms with Crippen LogP contribution < -0.4 is 10.6 Å². The summed E-state index contributed by atoms with van der Waals surface area (Å²) >= 11 is 0. The van der Waals surface area contributed by atoms with E-state index in [1.807, 2.05) is 0 Å². The van der Waals surface area contributed by atoms with Gasteiger partial charge in [-0.3, -0.25) is 9.59 Å². The van der Waals surface area contributed by atoms with E-state index in [1.54, 1.807) is 0 Å². The van der Waals surface area contributed by atoms with Gasteiger partial charge in [0.1, 0.15) is 6.04 Å². The number of hydrogen-bond acceptors (Lipinski definition) is 3. The van der Waals surface area contributed by atoms with Gasteiger partial charge in [-0.25, -0.2) is 4.79 Å². The molecule has 0 saturated carbocycles. The third kappa shape index (κ3) is 7.48. The first-order chi connectivity index (χ1) is 6.93. The minimum Gasteiger partial charge on any atom is -0.480 e. The Morgan fingerprint density at radius 3 is 2.20 bits per heavy atom. The molecule has 0 aliphatic heterocycles. The summed E-state index contributed by atoms with van der Waals surface area (Å²) in [5.41, 5.74) is 0. The summed E-state index contributed by atoms with van der Waals surface area (Å²) < 4.78 is 0. The van der Waals surface area contributed by atoms with Crippen LogP contribution >= 0.6 is 0 Å². The largest absolute Gasteiger partial charge is 0.480 e. The molecule has 0 spiro atoms. The van der Waals surface area contributed by atoms with Gasteiger partial charge in [0, 0.05) is 20.4 Å². The van der Waals surface area contributed by atoms with Crippen molar-refractivity contribution in [2.24, 2.45) is 0 Å². The fraction of sp³-hybridized carbons (Fsp3) is 0.667. The van der Waals surface area contributed by atoms with Crippen molar-refractivity contribution in [1.29, 1.82) is 0 Å². The van der Waals surface area contributed by atoms with Gasteiger partial charge in [-0.05, 0) is 12.8 Å². The Morgan fingerprint density at radius 2 is 1.80 bits per heavy atom. The van der Waals surface area contributed by atoms with Gasteiger partial charge in [0.25, 0.3) is 0 Å². The quantitative estimate of drug-likeness (QED) is 0.521. The molecule has 0 saturated heterocycles. The van der Waals surface area contributed by atoms with E-state index < -0.39 is 12.0 Å². The SMILES string of the molecule is CC(=O)NCCC[C@H](NC(C)=O)C(=O)O. The number of carbonyl (C=O) groups excluding carboxylic acids is 2. The molecular formula is C9H16N2O4. The Labute approximate surface area is 88.0 Å². The Bertz CT molecular complexity index is 252. The molecule has 0 aromatic rings. The number of nitrogens with one attached hydrogen (secondary N) is 2.